The van der Waals surface area contributed by atoms with Crippen LogP contribution in [0.1, 0.15) is 40.0 Å². The van der Waals surface area contributed by atoms with Crippen molar-refractivity contribution in [3.05, 3.63) is 77.0 Å². The minimum atomic E-state index is 0.0676. The third kappa shape index (κ3) is 4.14. The van der Waals surface area contributed by atoms with Gasteiger partial charge in [-0.05, 0) is 56.7 Å². The van der Waals surface area contributed by atoms with Crippen LogP contribution in [0.4, 0.5) is 5.69 Å². The molecular weight excluding hydrogens is 350 g/mol. The second kappa shape index (κ2) is 8.38. The van der Waals surface area contributed by atoms with Crippen molar-refractivity contribution in [2.75, 3.05) is 25.5 Å². The van der Waals surface area contributed by atoms with Crippen LogP contribution in [0.3, 0.4) is 0 Å². The Morgan fingerprint density at radius 1 is 1.11 bits per heavy atom. The van der Waals surface area contributed by atoms with Gasteiger partial charge >= 0.3 is 0 Å². The molecule has 0 bridgehead atoms. The Labute approximate surface area is 167 Å². The summed E-state index contributed by atoms with van der Waals surface area (Å²) in [5.41, 5.74) is 5.07. The van der Waals surface area contributed by atoms with E-state index in [-0.39, 0.29) is 5.91 Å². The Balaban J connectivity index is 1.79. The molecule has 1 amide bonds. The topological polar surface area (TPSA) is 41.6 Å². The smallest absolute Gasteiger partial charge is 0.255 e. The van der Waals surface area contributed by atoms with Crippen molar-refractivity contribution in [2.45, 2.75) is 33.9 Å². The fourth-order valence-electron chi connectivity index (χ4n) is 3.44. The van der Waals surface area contributed by atoms with Gasteiger partial charge in [-0.2, -0.15) is 0 Å². The van der Waals surface area contributed by atoms with E-state index in [0.29, 0.717) is 19.6 Å². The average molecular weight is 380 g/mol. The van der Waals surface area contributed by atoms with Gasteiger partial charge in [0.25, 0.3) is 5.91 Å². The Bertz CT molecular complexity index is 922. The van der Waals surface area contributed by atoms with Crippen molar-refractivity contribution >= 4 is 11.6 Å². The zero-order valence-electron chi connectivity index (χ0n) is 17.4. The van der Waals surface area contributed by atoms with Crippen molar-refractivity contribution in [3.63, 3.8) is 0 Å². The standard InChI is InChI=1S/C23H29N3O2/c1-6-25(15-19-9-11-20(12-10-19)24(4)5)23(27)22-14-17(2)26(18(22)3)16-21-8-7-13-28-21/h7-14H,6,15-16H2,1-5H3. The Hall–Kier alpha value is -2.95. The SMILES string of the molecule is CCN(Cc1ccc(N(C)C)cc1)C(=O)c1cc(C)n(Cc2ccco2)c1C. The highest BCUT2D eigenvalue weighted by Gasteiger charge is 2.21. The van der Waals surface area contributed by atoms with Gasteiger partial charge in [0.2, 0.25) is 0 Å². The number of aryl methyl sites for hydroxylation is 1. The van der Waals surface area contributed by atoms with Gasteiger partial charge in [-0.15, -0.1) is 0 Å². The van der Waals surface area contributed by atoms with Crippen LogP contribution in [0.15, 0.2) is 53.1 Å². The highest BCUT2D eigenvalue weighted by molar-refractivity contribution is 5.95. The van der Waals surface area contributed by atoms with Gasteiger partial charge in [0.1, 0.15) is 5.76 Å². The van der Waals surface area contributed by atoms with E-state index in [2.05, 4.69) is 33.7 Å². The maximum Gasteiger partial charge on any atom is 0.255 e. The molecule has 0 aliphatic heterocycles. The van der Waals surface area contributed by atoms with Crippen LogP contribution in [0.2, 0.25) is 0 Å². The lowest BCUT2D eigenvalue weighted by molar-refractivity contribution is 0.0751. The Morgan fingerprint density at radius 2 is 1.82 bits per heavy atom. The summed E-state index contributed by atoms with van der Waals surface area (Å²) in [5.74, 6) is 0.951. The van der Waals surface area contributed by atoms with Crippen LogP contribution in [0, 0.1) is 13.8 Å². The van der Waals surface area contributed by atoms with Gasteiger partial charge in [-0.1, -0.05) is 12.1 Å². The van der Waals surface area contributed by atoms with Crippen molar-refractivity contribution < 1.29 is 9.21 Å². The number of anilines is 1. The summed E-state index contributed by atoms with van der Waals surface area (Å²) in [6.07, 6.45) is 1.68. The van der Waals surface area contributed by atoms with Crippen LogP contribution >= 0.6 is 0 Å². The van der Waals surface area contributed by atoms with Crippen LogP contribution < -0.4 is 4.90 Å². The van der Waals surface area contributed by atoms with E-state index < -0.39 is 0 Å². The number of benzene rings is 1. The van der Waals surface area contributed by atoms with E-state index in [1.54, 1.807) is 6.26 Å². The summed E-state index contributed by atoms with van der Waals surface area (Å²) in [6, 6.07) is 14.2. The molecule has 5 heteroatoms. The Kier molecular flexibility index (Phi) is 5.93. The van der Waals surface area contributed by atoms with Crippen molar-refractivity contribution in [1.29, 1.82) is 0 Å². The van der Waals surface area contributed by atoms with E-state index in [4.69, 9.17) is 4.42 Å². The predicted octanol–water partition coefficient (Wildman–Crippen LogP) is 4.47. The van der Waals surface area contributed by atoms with E-state index in [0.717, 1.165) is 34.0 Å². The van der Waals surface area contributed by atoms with Gasteiger partial charge in [-0.25, -0.2) is 0 Å². The number of hydrogen-bond donors (Lipinski definition) is 0. The molecule has 0 radical (unpaired) electrons. The molecule has 3 rings (SSSR count). The van der Waals surface area contributed by atoms with Crippen LogP contribution in [0.25, 0.3) is 0 Å². The first kappa shape index (κ1) is 19.8. The number of furan rings is 1. The number of rotatable bonds is 7. The monoisotopic (exact) mass is 379 g/mol. The van der Waals surface area contributed by atoms with Gasteiger partial charge in [-0.3, -0.25) is 4.79 Å². The summed E-state index contributed by atoms with van der Waals surface area (Å²) in [5, 5.41) is 0. The van der Waals surface area contributed by atoms with Gasteiger partial charge in [0, 0.05) is 44.3 Å². The summed E-state index contributed by atoms with van der Waals surface area (Å²) < 4.78 is 7.60. The summed E-state index contributed by atoms with van der Waals surface area (Å²) in [7, 11) is 4.05. The zero-order valence-corrected chi connectivity index (χ0v) is 17.4. The van der Waals surface area contributed by atoms with Gasteiger partial charge in [0.15, 0.2) is 0 Å². The number of nitrogens with zero attached hydrogens (tertiary/aromatic N) is 3. The quantitative estimate of drug-likeness (QED) is 0.608. The number of amides is 1. The van der Waals surface area contributed by atoms with E-state index in [9.17, 15) is 4.79 Å². The number of carbonyl (C=O) groups excluding carboxylic acids is 1. The first-order valence-corrected chi connectivity index (χ1v) is 9.65. The van der Waals surface area contributed by atoms with Crippen LogP contribution in [0.5, 0.6) is 0 Å². The molecular formula is C23H29N3O2. The zero-order chi connectivity index (χ0) is 20.3. The Morgan fingerprint density at radius 3 is 2.39 bits per heavy atom. The molecule has 0 unspecified atom stereocenters. The maximum atomic E-state index is 13.2. The normalized spacial score (nSPS) is 10.9. The molecule has 0 saturated heterocycles. The van der Waals surface area contributed by atoms with Crippen molar-refractivity contribution in [3.8, 4) is 0 Å². The molecule has 2 heterocycles. The highest BCUT2D eigenvalue weighted by atomic mass is 16.3. The fourth-order valence-corrected chi connectivity index (χ4v) is 3.44. The molecule has 0 aliphatic rings. The maximum absolute atomic E-state index is 13.2. The fraction of sp³-hybridized carbons (Fsp3) is 0.348. The molecule has 2 aromatic heterocycles. The second-order valence-corrected chi connectivity index (χ2v) is 7.33. The molecule has 0 N–H and O–H groups in total. The van der Waals surface area contributed by atoms with Crippen molar-refractivity contribution in [2.24, 2.45) is 0 Å². The molecule has 5 nitrogen and oxygen atoms in total. The van der Waals surface area contributed by atoms with Gasteiger partial charge < -0.3 is 18.8 Å². The van der Waals surface area contributed by atoms with E-state index in [1.165, 1.54) is 0 Å². The van der Waals surface area contributed by atoms with Crippen LogP contribution in [-0.2, 0) is 13.1 Å². The number of carbonyl (C=O) groups is 1. The molecule has 0 spiro atoms. The molecule has 0 saturated carbocycles. The molecule has 0 aliphatic carbocycles. The number of hydrogen-bond acceptors (Lipinski definition) is 3. The largest absolute Gasteiger partial charge is 0.467 e. The molecule has 28 heavy (non-hydrogen) atoms. The van der Waals surface area contributed by atoms with Crippen molar-refractivity contribution in [1.82, 2.24) is 9.47 Å². The molecule has 3 aromatic rings. The lowest BCUT2D eigenvalue weighted by Gasteiger charge is -2.22. The summed E-state index contributed by atoms with van der Waals surface area (Å²) in [4.78, 5) is 17.2. The molecule has 0 atom stereocenters. The third-order valence-electron chi connectivity index (χ3n) is 5.19. The minimum absolute atomic E-state index is 0.0676. The second-order valence-electron chi connectivity index (χ2n) is 7.33. The first-order chi connectivity index (χ1) is 13.4. The third-order valence-corrected chi connectivity index (χ3v) is 5.19. The highest BCUT2D eigenvalue weighted by Crippen LogP contribution is 2.21. The lowest BCUT2D eigenvalue weighted by Crippen LogP contribution is -2.30. The molecule has 1 aromatic carbocycles. The average Bonchev–Trinajstić information content (AvgIpc) is 3.29. The summed E-state index contributed by atoms with van der Waals surface area (Å²) in [6.45, 7) is 7.96. The van der Waals surface area contributed by atoms with E-state index in [1.807, 2.05) is 58.0 Å². The lowest BCUT2D eigenvalue weighted by atomic mass is 10.1. The molecule has 0 fully saturated rings. The first-order valence-electron chi connectivity index (χ1n) is 9.65. The van der Waals surface area contributed by atoms with E-state index >= 15 is 0 Å². The number of aromatic nitrogens is 1. The minimum Gasteiger partial charge on any atom is -0.467 e. The predicted molar refractivity (Wildman–Crippen MR) is 113 cm³/mol. The molecule has 148 valence electrons. The van der Waals surface area contributed by atoms with Crippen LogP contribution in [-0.4, -0.2) is 36.0 Å². The van der Waals surface area contributed by atoms with Gasteiger partial charge in [0.05, 0.1) is 18.4 Å². The summed E-state index contributed by atoms with van der Waals surface area (Å²) >= 11 is 0.